The van der Waals surface area contributed by atoms with Crippen LogP contribution in [0.5, 0.6) is 0 Å². The van der Waals surface area contributed by atoms with E-state index in [0.717, 1.165) is 67.8 Å². The van der Waals surface area contributed by atoms with Gasteiger partial charge in [0, 0.05) is 32.7 Å². The Labute approximate surface area is 174 Å². The van der Waals surface area contributed by atoms with Crippen LogP contribution in [0.15, 0.2) is 4.99 Å². The van der Waals surface area contributed by atoms with Gasteiger partial charge >= 0.3 is 0 Å². The number of aliphatic imine (C=N–C) groups is 1. The number of fused-ring (bicyclic) bond motifs is 1. The summed E-state index contributed by atoms with van der Waals surface area (Å²) in [6.45, 7) is 5.35. The number of hydrogen-bond acceptors (Lipinski definition) is 4. The molecule has 1 aromatic heterocycles. The van der Waals surface area contributed by atoms with E-state index in [-0.39, 0.29) is 0 Å². The van der Waals surface area contributed by atoms with Gasteiger partial charge in [0.2, 0.25) is 0 Å². The summed E-state index contributed by atoms with van der Waals surface area (Å²) < 4.78 is 7.22. The Hall–Kier alpha value is -1.63. The number of ether oxygens (including phenoxy) is 1. The number of rotatable bonds is 6. The molecule has 7 heteroatoms. The Balaban J connectivity index is 1.23. The third kappa shape index (κ3) is 4.03. The molecule has 7 nitrogen and oxygen atoms in total. The molecule has 29 heavy (non-hydrogen) atoms. The van der Waals surface area contributed by atoms with Crippen LogP contribution in [0.4, 0.5) is 0 Å². The van der Waals surface area contributed by atoms with Crippen LogP contribution in [0.25, 0.3) is 0 Å². The van der Waals surface area contributed by atoms with Crippen molar-refractivity contribution in [1.82, 2.24) is 25.4 Å². The fourth-order valence-electron chi connectivity index (χ4n) is 6.91. The maximum atomic E-state index is 5.18. The average Bonchev–Trinajstić information content (AvgIpc) is 3.07. The molecule has 6 rings (SSSR count). The average molecular weight is 401 g/mol. The molecule has 2 heterocycles. The zero-order chi connectivity index (χ0) is 19.8. The summed E-state index contributed by atoms with van der Waals surface area (Å²) in [5.41, 5.74) is 0.484. The molecule has 1 aromatic rings. The standard InChI is InChI=1S/C22H36N6O/c1-3-23-21(24-14-22-9-15-6-16(10-22)8-17(7-15)11-22)25-18-4-5-20-26-19(13-29-2)27-28(20)12-18/h15-18H,3-14H2,1-2H3,(H2,23,24,25). The first-order valence-corrected chi connectivity index (χ1v) is 11.6. The topological polar surface area (TPSA) is 76.4 Å². The highest BCUT2D eigenvalue weighted by atomic mass is 16.5. The lowest BCUT2D eigenvalue weighted by Gasteiger charge is -2.56. The molecule has 0 amide bonds. The van der Waals surface area contributed by atoms with Crippen LogP contribution >= 0.6 is 0 Å². The van der Waals surface area contributed by atoms with Gasteiger partial charge in [0.05, 0.1) is 6.54 Å². The van der Waals surface area contributed by atoms with E-state index in [4.69, 9.17) is 9.73 Å². The predicted octanol–water partition coefficient (Wildman–Crippen LogP) is 2.51. The van der Waals surface area contributed by atoms with Crippen molar-refractivity contribution in [1.29, 1.82) is 0 Å². The van der Waals surface area contributed by atoms with Crippen molar-refractivity contribution in [3.8, 4) is 0 Å². The molecule has 160 valence electrons. The van der Waals surface area contributed by atoms with Gasteiger partial charge in [-0.3, -0.25) is 4.99 Å². The van der Waals surface area contributed by atoms with Crippen LogP contribution in [0, 0.1) is 23.2 Å². The first-order chi connectivity index (χ1) is 14.1. The lowest BCUT2D eigenvalue weighted by atomic mass is 9.49. The molecule has 4 fully saturated rings. The molecule has 0 saturated heterocycles. The van der Waals surface area contributed by atoms with E-state index in [9.17, 15) is 0 Å². The van der Waals surface area contributed by atoms with Crippen molar-refractivity contribution < 1.29 is 4.74 Å². The summed E-state index contributed by atoms with van der Waals surface area (Å²) in [4.78, 5) is 9.70. The lowest BCUT2D eigenvalue weighted by molar-refractivity contribution is -0.0465. The van der Waals surface area contributed by atoms with Crippen molar-refractivity contribution >= 4 is 5.96 Å². The van der Waals surface area contributed by atoms with Gasteiger partial charge in [-0.2, -0.15) is 5.10 Å². The predicted molar refractivity (Wildman–Crippen MR) is 113 cm³/mol. The molecule has 0 aromatic carbocycles. The van der Waals surface area contributed by atoms with Gasteiger partial charge < -0.3 is 15.4 Å². The molecule has 0 spiro atoms. The molecule has 4 saturated carbocycles. The largest absolute Gasteiger partial charge is 0.377 e. The Morgan fingerprint density at radius 1 is 1.21 bits per heavy atom. The molecule has 1 aliphatic heterocycles. The summed E-state index contributed by atoms with van der Waals surface area (Å²) in [6.07, 6.45) is 10.7. The van der Waals surface area contributed by atoms with Crippen LogP contribution in [0.2, 0.25) is 0 Å². The molecule has 1 atom stereocenters. The van der Waals surface area contributed by atoms with Crippen LogP contribution in [0.1, 0.15) is 63.5 Å². The highest BCUT2D eigenvalue weighted by Crippen LogP contribution is 2.60. The van der Waals surface area contributed by atoms with Crippen LogP contribution in [-0.2, 0) is 24.3 Å². The molecule has 5 aliphatic rings. The van der Waals surface area contributed by atoms with Crippen molar-refractivity contribution in [3.63, 3.8) is 0 Å². The normalized spacial score (nSPS) is 35.6. The van der Waals surface area contributed by atoms with Gasteiger partial charge in [-0.15, -0.1) is 0 Å². The molecule has 0 radical (unpaired) electrons. The van der Waals surface area contributed by atoms with E-state index in [0.29, 0.717) is 18.1 Å². The summed E-state index contributed by atoms with van der Waals surface area (Å²) in [7, 11) is 1.69. The third-order valence-electron chi connectivity index (χ3n) is 7.60. The van der Waals surface area contributed by atoms with Gasteiger partial charge in [0.25, 0.3) is 0 Å². The van der Waals surface area contributed by atoms with Gasteiger partial charge in [0.15, 0.2) is 11.8 Å². The maximum absolute atomic E-state index is 5.18. The monoisotopic (exact) mass is 400 g/mol. The number of nitrogens with one attached hydrogen (secondary N) is 2. The zero-order valence-electron chi connectivity index (χ0n) is 18.0. The fourth-order valence-corrected chi connectivity index (χ4v) is 6.91. The smallest absolute Gasteiger partial charge is 0.191 e. The number of methoxy groups -OCH3 is 1. The zero-order valence-corrected chi connectivity index (χ0v) is 18.0. The number of hydrogen-bond donors (Lipinski definition) is 2. The van der Waals surface area contributed by atoms with E-state index in [1.165, 1.54) is 38.5 Å². The number of guanidine groups is 1. The van der Waals surface area contributed by atoms with Gasteiger partial charge in [-0.1, -0.05) is 0 Å². The fraction of sp³-hybridized carbons (Fsp3) is 0.864. The van der Waals surface area contributed by atoms with Crippen molar-refractivity contribution in [2.45, 2.75) is 77.5 Å². The quantitative estimate of drug-likeness (QED) is 0.567. The number of nitrogens with zero attached hydrogens (tertiary/aromatic N) is 4. The Morgan fingerprint density at radius 3 is 2.59 bits per heavy atom. The highest BCUT2D eigenvalue weighted by molar-refractivity contribution is 5.80. The molecule has 4 bridgehead atoms. The van der Waals surface area contributed by atoms with Crippen molar-refractivity contribution in [3.05, 3.63) is 11.6 Å². The minimum atomic E-state index is 0.341. The molecule has 2 N–H and O–H groups in total. The number of aromatic nitrogens is 3. The second-order valence-electron chi connectivity index (χ2n) is 10.1. The lowest BCUT2D eigenvalue weighted by Crippen LogP contribution is -2.49. The van der Waals surface area contributed by atoms with E-state index in [1.54, 1.807) is 7.11 Å². The van der Waals surface area contributed by atoms with Gasteiger partial charge in [-0.05, 0) is 75.0 Å². The van der Waals surface area contributed by atoms with Gasteiger partial charge in [0.1, 0.15) is 12.4 Å². The van der Waals surface area contributed by atoms with E-state index >= 15 is 0 Å². The summed E-state index contributed by atoms with van der Waals surface area (Å²) >= 11 is 0. The maximum Gasteiger partial charge on any atom is 0.191 e. The summed E-state index contributed by atoms with van der Waals surface area (Å²) in [5.74, 6) is 5.79. The van der Waals surface area contributed by atoms with E-state index in [1.807, 2.05) is 4.68 Å². The van der Waals surface area contributed by atoms with Crippen molar-refractivity contribution in [2.75, 3.05) is 20.2 Å². The van der Waals surface area contributed by atoms with E-state index in [2.05, 4.69) is 27.6 Å². The van der Waals surface area contributed by atoms with Crippen LogP contribution in [-0.4, -0.2) is 47.0 Å². The second kappa shape index (κ2) is 7.89. The van der Waals surface area contributed by atoms with Crippen LogP contribution in [0.3, 0.4) is 0 Å². The third-order valence-corrected chi connectivity index (χ3v) is 7.60. The molecule has 4 aliphatic carbocycles. The Bertz CT molecular complexity index is 721. The Kier molecular flexibility index (Phi) is 5.26. The first-order valence-electron chi connectivity index (χ1n) is 11.6. The summed E-state index contributed by atoms with van der Waals surface area (Å²) in [5, 5.41) is 11.8. The highest BCUT2D eigenvalue weighted by Gasteiger charge is 2.50. The SMILES string of the molecule is CCNC(=NCC12CC3CC(CC(C3)C1)C2)NC1CCc2nc(COC)nn2C1. The first kappa shape index (κ1) is 19.3. The van der Waals surface area contributed by atoms with Crippen LogP contribution < -0.4 is 10.6 Å². The Morgan fingerprint density at radius 2 is 1.93 bits per heavy atom. The summed E-state index contributed by atoms with van der Waals surface area (Å²) in [6, 6.07) is 0.341. The molecular formula is C22H36N6O. The minimum Gasteiger partial charge on any atom is -0.377 e. The molecule has 1 unspecified atom stereocenters. The van der Waals surface area contributed by atoms with E-state index < -0.39 is 0 Å². The number of aryl methyl sites for hydroxylation is 1. The molecular weight excluding hydrogens is 364 g/mol. The van der Waals surface area contributed by atoms with Crippen molar-refractivity contribution in [2.24, 2.45) is 28.2 Å². The minimum absolute atomic E-state index is 0.341. The van der Waals surface area contributed by atoms with Gasteiger partial charge in [-0.25, -0.2) is 9.67 Å². The second-order valence-corrected chi connectivity index (χ2v) is 10.1.